The van der Waals surface area contributed by atoms with E-state index in [1.807, 2.05) is 4.90 Å². The van der Waals surface area contributed by atoms with Gasteiger partial charge in [0.1, 0.15) is 18.1 Å². The summed E-state index contributed by atoms with van der Waals surface area (Å²) in [6.45, 7) is 9.22. The fourth-order valence-corrected chi connectivity index (χ4v) is 3.49. The SMILES string of the molecule is C=C/C(=C\C(=C/C)OC(F)(F)F)COc1ccc(C(=O)N2CCCC2)cc1.CN1CCCC1. The standard InChI is InChI=1S/C20H22F3NO3.C5H11N/c1-3-15(13-17(4-2)27-20(21,22)23)14-26-18-9-7-16(8-10-18)19(25)24-11-5-6-12-24;1-6-4-2-3-5-6/h3-4,7-10,13H,1,5-6,11-12,14H2,2H3;2-5H2,1H3/b15-13+,17-4+;. The van der Waals surface area contributed by atoms with Crippen molar-refractivity contribution in [3.05, 3.63) is 66.0 Å². The van der Waals surface area contributed by atoms with Gasteiger partial charge in [0.2, 0.25) is 0 Å². The zero-order chi connectivity index (χ0) is 24.3. The molecule has 0 radical (unpaired) electrons. The van der Waals surface area contributed by atoms with Crippen LogP contribution in [0.5, 0.6) is 5.75 Å². The normalized spacial score (nSPS) is 17.4. The average Bonchev–Trinajstić information content (AvgIpc) is 3.49. The van der Waals surface area contributed by atoms with Gasteiger partial charge in [0.05, 0.1) is 0 Å². The first-order valence-electron chi connectivity index (χ1n) is 11.2. The molecule has 0 saturated carbocycles. The van der Waals surface area contributed by atoms with Crippen LogP contribution >= 0.6 is 0 Å². The fraction of sp³-hybridized carbons (Fsp3) is 0.480. The second-order valence-electron chi connectivity index (χ2n) is 7.98. The molecule has 1 aromatic carbocycles. The molecule has 0 aliphatic carbocycles. The minimum absolute atomic E-state index is 0.00671. The van der Waals surface area contributed by atoms with Gasteiger partial charge in [-0.1, -0.05) is 12.7 Å². The van der Waals surface area contributed by atoms with Crippen molar-refractivity contribution in [2.75, 3.05) is 39.8 Å². The molecule has 0 atom stereocenters. The highest BCUT2D eigenvalue weighted by Crippen LogP contribution is 2.23. The Balaban J connectivity index is 0.000000554. The highest BCUT2D eigenvalue weighted by atomic mass is 19.4. The Labute approximate surface area is 194 Å². The Hall–Kier alpha value is -2.74. The second-order valence-corrected chi connectivity index (χ2v) is 7.98. The van der Waals surface area contributed by atoms with Gasteiger partial charge >= 0.3 is 6.36 Å². The van der Waals surface area contributed by atoms with Crippen molar-refractivity contribution in [1.82, 2.24) is 9.80 Å². The first kappa shape index (κ1) is 26.5. The van der Waals surface area contributed by atoms with E-state index >= 15 is 0 Å². The molecule has 3 rings (SSSR count). The molecule has 1 aromatic rings. The number of rotatable bonds is 7. The number of alkyl halides is 3. The van der Waals surface area contributed by atoms with Gasteiger partial charge in [-0.3, -0.25) is 4.79 Å². The monoisotopic (exact) mass is 466 g/mol. The summed E-state index contributed by atoms with van der Waals surface area (Å²) in [6, 6.07) is 6.68. The third-order valence-corrected chi connectivity index (χ3v) is 5.34. The van der Waals surface area contributed by atoms with E-state index in [1.54, 1.807) is 24.3 Å². The number of amides is 1. The van der Waals surface area contributed by atoms with Gasteiger partial charge in [-0.2, -0.15) is 0 Å². The Morgan fingerprint density at radius 1 is 1.06 bits per heavy atom. The molecule has 2 saturated heterocycles. The largest absolute Gasteiger partial charge is 0.573 e. The van der Waals surface area contributed by atoms with Crippen LogP contribution in [-0.2, 0) is 4.74 Å². The Kier molecular flexibility index (Phi) is 10.5. The van der Waals surface area contributed by atoms with E-state index in [0.29, 0.717) is 16.9 Å². The van der Waals surface area contributed by atoms with Crippen LogP contribution in [0.2, 0.25) is 0 Å². The van der Waals surface area contributed by atoms with Gasteiger partial charge in [-0.15, -0.1) is 13.2 Å². The lowest BCUT2D eigenvalue weighted by Gasteiger charge is -2.15. The van der Waals surface area contributed by atoms with Crippen LogP contribution in [-0.4, -0.2) is 61.9 Å². The highest BCUT2D eigenvalue weighted by molar-refractivity contribution is 5.94. The van der Waals surface area contributed by atoms with Crippen LogP contribution < -0.4 is 4.74 Å². The predicted molar refractivity (Wildman–Crippen MR) is 123 cm³/mol. The van der Waals surface area contributed by atoms with Crippen LogP contribution in [0.4, 0.5) is 13.2 Å². The van der Waals surface area contributed by atoms with Crippen molar-refractivity contribution in [1.29, 1.82) is 0 Å². The predicted octanol–water partition coefficient (Wildman–Crippen LogP) is 5.57. The van der Waals surface area contributed by atoms with E-state index in [9.17, 15) is 18.0 Å². The number of nitrogens with zero attached hydrogens (tertiary/aromatic N) is 2. The van der Waals surface area contributed by atoms with E-state index in [0.717, 1.165) is 25.9 Å². The lowest BCUT2D eigenvalue weighted by atomic mass is 10.2. The minimum atomic E-state index is -4.76. The molecule has 2 fully saturated rings. The minimum Gasteiger partial charge on any atom is -0.489 e. The van der Waals surface area contributed by atoms with Gasteiger partial charge in [0, 0.05) is 18.7 Å². The van der Waals surface area contributed by atoms with Gasteiger partial charge < -0.3 is 19.3 Å². The van der Waals surface area contributed by atoms with Crippen molar-refractivity contribution in [2.24, 2.45) is 0 Å². The van der Waals surface area contributed by atoms with E-state index in [2.05, 4.69) is 23.3 Å². The van der Waals surface area contributed by atoms with Crippen molar-refractivity contribution in [2.45, 2.75) is 39.0 Å². The van der Waals surface area contributed by atoms with Crippen molar-refractivity contribution in [3.63, 3.8) is 0 Å². The zero-order valence-electron chi connectivity index (χ0n) is 19.4. The Morgan fingerprint density at radius 2 is 1.64 bits per heavy atom. The van der Waals surface area contributed by atoms with Crippen LogP contribution in [0, 0.1) is 0 Å². The second kappa shape index (κ2) is 13.1. The molecule has 2 aliphatic heterocycles. The molecule has 0 aromatic heterocycles. The van der Waals surface area contributed by atoms with Gasteiger partial charge in [0.15, 0.2) is 0 Å². The van der Waals surface area contributed by atoms with E-state index in [1.165, 1.54) is 51.1 Å². The molecule has 0 bridgehead atoms. The van der Waals surface area contributed by atoms with Crippen LogP contribution in [0.15, 0.2) is 60.4 Å². The zero-order valence-corrected chi connectivity index (χ0v) is 19.4. The number of allylic oxidation sites excluding steroid dienone is 2. The van der Waals surface area contributed by atoms with Crippen molar-refractivity contribution >= 4 is 5.91 Å². The number of likely N-dealkylation sites (tertiary alicyclic amines) is 2. The Bertz CT molecular complexity index is 820. The third kappa shape index (κ3) is 9.74. The topological polar surface area (TPSA) is 42.0 Å². The molecular weight excluding hydrogens is 433 g/mol. The van der Waals surface area contributed by atoms with Gasteiger partial charge in [-0.05, 0) is 94.7 Å². The third-order valence-electron chi connectivity index (χ3n) is 5.34. The summed E-state index contributed by atoms with van der Waals surface area (Å²) in [4.78, 5) is 16.5. The molecule has 1 amide bonds. The molecule has 0 unspecified atom stereocenters. The number of carbonyl (C=O) groups excluding carboxylic acids is 1. The Morgan fingerprint density at radius 3 is 2.09 bits per heavy atom. The molecule has 0 N–H and O–H groups in total. The lowest BCUT2D eigenvalue weighted by Crippen LogP contribution is -2.27. The number of hydrogen-bond donors (Lipinski definition) is 0. The van der Waals surface area contributed by atoms with Crippen LogP contribution in [0.3, 0.4) is 0 Å². The summed E-state index contributed by atoms with van der Waals surface area (Å²) in [5.41, 5.74) is 1.00. The summed E-state index contributed by atoms with van der Waals surface area (Å²) in [7, 11) is 2.17. The molecule has 2 heterocycles. The average molecular weight is 467 g/mol. The first-order chi connectivity index (χ1) is 15.7. The van der Waals surface area contributed by atoms with E-state index in [-0.39, 0.29) is 18.3 Å². The maximum Gasteiger partial charge on any atom is 0.573 e. The maximum atomic E-state index is 12.3. The first-order valence-corrected chi connectivity index (χ1v) is 11.2. The molecule has 2 aliphatic rings. The highest BCUT2D eigenvalue weighted by Gasteiger charge is 2.31. The summed E-state index contributed by atoms with van der Waals surface area (Å²) >= 11 is 0. The lowest BCUT2D eigenvalue weighted by molar-refractivity contribution is -0.303. The smallest absolute Gasteiger partial charge is 0.489 e. The molecule has 5 nitrogen and oxygen atoms in total. The molecule has 33 heavy (non-hydrogen) atoms. The summed E-state index contributed by atoms with van der Waals surface area (Å²) in [6.07, 6.45) is 3.93. The number of carbonyl (C=O) groups is 1. The fourth-order valence-electron chi connectivity index (χ4n) is 3.49. The van der Waals surface area contributed by atoms with Crippen molar-refractivity contribution in [3.8, 4) is 5.75 Å². The summed E-state index contributed by atoms with van der Waals surface area (Å²) in [5.74, 6) is 0.153. The maximum absolute atomic E-state index is 12.3. The number of hydrogen-bond acceptors (Lipinski definition) is 4. The summed E-state index contributed by atoms with van der Waals surface area (Å²) in [5, 5.41) is 0. The van der Waals surface area contributed by atoms with Gasteiger partial charge in [-0.25, -0.2) is 0 Å². The molecular formula is C25H33F3N2O3. The number of benzene rings is 1. The molecule has 8 heteroatoms. The van der Waals surface area contributed by atoms with Gasteiger partial charge in [0.25, 0.3) is 5.91 Å². The number of ether oxygens (including phenoxy) is 2. The summed E-state index contributed by atoms with van der Waals surface area (Å²) < 4.78 is 46.5. The van der Waals surface area contributed by atoms with Crippen molar-refractivity contribution < 1.29 is 27.4 Å². The number of halogens is 3. The molecule has 0 spiro atoms. The molecule has 182 valence electrons. The van der Waals surface area contributed by atoms with E-state index in [4.69, 9.17) is 4.74 Å². The van der Waals surface area contributed by atoms with E-state index < -0.39 is 6.36 Å². The van der Waals surface area contributed by atoms with Crippen LogP contribution in [0.25, 0.3) is 0 Å². The van der Waals surface area contributed by atoms with Crippen LogP contribution in [0.1, 0.15) is 43.0 Å². The quantitative estimate of drug-likeness (QED) is 0.389.